The molecule has 2 heterocycles. The van der Waals surface area contributed by atoms with E-state index in [2.05, 4.69) is 119 Å². The fraction of sp³-hybridized carbons (Fsp3) is 0.324. The fourth-order valence-corrected chi connectivity index (χ4v) is 6.97. The molecule has 0 saturated carbocycles. The van der Waals surface area contributed by atoms with E-state index in [1.807, 2.05) is 0 Å². The van der Waals surface area contributed by atoms with Gasteiger partial charge >= 0.3 is 0 Å². The summed E-state index contributed by atoms with van der Waals surface area (Å²) < 4.78 is 9.24. The summed E-state index contributed by atoms with van der Waals surface area (Å²) in [5, 5.41) is 2.43. The molecule has 0 N–H and O–H groups in total. The molecule has 2 heteroatoms. The Bertz CT molecular complexity index is 1610. The van der Waals surface area contributed by atoms with Crippen molar-refractivity contribution in [1.82, 2.24) is 0 Å². The minimum absolute atomic E-state index is 0.0474. The lowest BCUT2D eigenvalue weighted by atomic mass is 9.67. The number of hydrogen-bond donors (Lipinski definition) is 0. The van der Waals surface area contributed by atoms with Gasteiger partial charge in [0, 0.05) is 33.9 Å². The Labute approximate surface area is 214 Å². The Morgan fingerprint density at radius 1 is 0.750 bits per heavy atom. The molecule has 36 heavy (non-hydrogen) atoms. The standard InChI is InChI=1S/C34H36NO/c1-21(2)19-34(20-22(3)4)28-12-8-7-11-24(28)25-16-17-27-26-15-14-23(5)30(29-13-9-10-18-35(29)6)32(26)36-33(27)31(25)34/h7-18,21-22H,19-20H2,1-6H3/q+1. The van der Waals surface area contributed by atoms with Crippen molar-refractivity contribution < 1.29 is 8.98 Å². The number of hydrogen-bond acceptors (Lipinski definition) is 1. The van der Waals surface area contributed by atoms with Crippen molar-refractivity contribution in [2.24, 2.45) is 18.9 Å². The molecule has 0 unspecified atom stereocenters. The van der Waals surface area contributed by atoms with E-state index in [0.717, 1.165) is 24.0 Å². The van der Waals surface area contributed by atoms with Crippen molar-refractivity contribution in [3.8, 4) is 22.4 Å². The van der Waals surface area contributed by atoms with Crippen LogP contribution in [-0.2, 0) is 12.5 Å². The molecule has 0 aliphatic heterocycles. The number of aryl methyl sites for hydroxylation is 2. The number of rotatable bonds is 5. The van der Waals surface area contributed by atoms with E-state index in [9.17, 15) is 0 Å². The van der Waals surface area contributed by atoms with Crippen LogP contribution in [0.4, 0.5) is 0 Å². The van der Waals surface area contributed by atoms with Crippen LogP contribution in [-0.4, -0.2) is 0 Å². The van der Waals surface area contributed by atoms with Gasteiger partial charge in [0.15, 0.2) is 6.20 Å². The van der Waals surface area contributed by atoms with Crippen LogP contribution < -0.4 is 4.57 Å². The number of benzene rings is 3. The Morgan fingerprint density at radius 3 is 2.14 bits per heavy atom. The topological polar surface area (TPSA) is 17.0 Å². The lowest BCUT2D eigenvalue weighted by Crippen LogP contribution is -2.30. The second-order valence-corrected chi connectivity index (χ2v) is 11.6. The van der Waals surface area contributed by atoms with E-state index >= 15 is 0 Å². The maximum Gasteiger partial charge on any atom is 0.216 e. The SMILES string of the molecule is Cc1ccc2c(oc3c4c(ccc32)-c2ccccc2C4(CC(C)C)CC(C)C)c1-c1cccc[n+]1C. The van der Waals surface area contributed by atoms with Crippen molar-refractivity contribution in [2.75, 3.05) is 0 Å². The van der Waals surface area contributed by atoms with Gasteiger partial charge in [-0.1, -0.05) is 70.2 Å². The van der Waals surface area contributed by atoms with Gasteiger partial charge in [-0.15, -0.1) is 0 Å². The van der Waals surface area contributed by atoms with E-state index in [1.165, 1.54) is 49.8 Å². The summed E-state index contributed by atoms with van der Waals surface area (Å²) in [5.74, 6) is 1.15. The number of furan rings is 1. The molecule has 2 nitrogen and oxygen atoms in total. The smallest absolute Gasteiger partial charge is 0.216 e. The van der Waals surface area contributed by atoms with Crippen LogP contribution in [0.15, 0.2) is 77.3 Å². The molecule has 2 aromatic heterocycles. The zero-order valence-corrected chi connectivity index (χ0v) is 22.4. The monoisotopic (exact) mass is 474 g/mol. The lowest BCUT2D eigenvalue weighted by Gasteiger charge is -2.35. The molecule has 0 amide bonds. The number of aromatic nitrogens is 1. The Balaban J connectivity index is 1.74. The maximum atomic E-state index is 7.05. The highest BCUT2D eigenvalue weighted by Crippen LogP contribution is 2.58. The molecule has 0 radical (unpaired) electrons. The Hall–Kier alpha value is -3.39. The minimum atomic E-state index is -0.0474. The number of nitrogens with zero attached hydrogens (tertiary/aromatic N) is 1. The number of pyridine rings is 1. The van der Waals surface area contributed by atoms with Gasteiger partial charge in [0.25, 0.3) is 0 Å². The van der Waals surface area contributed by atoms with Gasteiger partial charge < -0.3 is 4.42 Å². The summed E-state index contributed by atoms with van der Waals surface area (Å²) in [7, 11) is 2.11. The molecular weight excluding hydrogens is 438 g/mol. The molecule has 0 saturated heterocycles. The highest BCUT2D eigenvalue weighted by Gasteiger charge is 2.46. The van der Waals surface area contributed by atoms with Crippen molar-refractivity contribution in [3.63, 3.8) is 0 Å². The first-order valence-corrected chi connectivity index (χ1v) is 13.4. The van der Waals surface area contributed by atoms with Gasteiger partial charge in [0.1, 0.15) is 18.2 Å². The van der Waals surface area contributed by atoms with E-state index in [4.69, 9.17) is 4.42 Å². The average Bonchev–Trinajstić information content (AvgIpc) is 3.33. The quantitative estimate of drug-likeness (QED) is 0.233. The van der Waals surface area contributed by atoms with Crippen LogP contribution >= 0.6 is 0 Å². The minimum Gasteiger partial charge on any atom is -0.455 e. The third-order valence-corrected chi connectivity index (χ3v) is 8.05. The third-order valence-electron chi connectivity index (χ3n) is 8.05. The van der Waals surface area contributed by atoms with Crippen molar-refractivity contribution in [1.29, 1.82) is 0 Å². The molecule has 1 aliphatic carbocycles. The summed E-state index contributed by atoms with van der Waals surface area (Å²) in [6, 6.07) is 24.6. The van der Waals surface area contributed by atoms with Gasteiger partial charge in [-0.3, -0.25) is 0 Å². The molecule has 182 valence electrons. The van der Waals surface area contributed by atoms with Gasteiger partial charge in [0.2, 0.25) is 5.69 Å². The second-order valence-electron chi connectivity index (χ2n) is 11.6. The van der Waals surface area contributed by atoms with E-state index in [1.54, 1.807) is 0 Å². The first-order chi connectivity index (χ1) is 17.3. The maximum absolute atomic E-state index is 7.05. The molecule has 6 rings (SSSR count). The fourth-order valence-electron chi connectivity index (χ4n) is 6.97. The zero-order chi connectivity index (χ0) is 25.2. The van der Waals surface area contributed by atoms with Crippen molar-refractivity contribution in [3.05, 3.63) is 89.6 Å². The van der Waals surface area contributed by atoms with Gasteiger partial charge in [0.05, 0.1) is 5.56 Å². The van der Waals surface area contributed by atoms with Crippen LogP contribution in [0.2, 0.25) is 0 Å². The largest absolute Gasteiger partial charge is 0.455 e. The highest BCUT2D eigenvalue weighted by atomic mass is 16.3. The molecule has 0 spiro atoms. The normalized spacial score (nSPS) is 14.2. The first-order valence-electron chi connectivity index (χ1n) is 13.4. The predicted octanol–water partition coefficient (Wildman–Crippen LogP) is 8.74. The summed E-state index contributed by atoms with van der Waals surface area (Å²) >= 11 is 0. The van der Waals surface area contributed by atoms with Gasteiger partial charge in [-0.05, 0) is 66.0 Å². The van der Waals surface area contributed by atoms with Crippen LogP contribution in [0, 0.1) is 18.8 Å². The summed E-state index contributed by atoms with van der Waals surface area (Å²) in [6.45, 7) is 11.6. The zero-order valence-electron chi connectivity index (χ0n) is 22.4. The third kappa shape index (κ3) is 3.27. The van der Waals surface area contributed by atoms with Gasteiger partial charge in [-0.25, -0.2) is 4.57 Å². The van der Waals surface area contributed by atoms with Crippen LogP contribution in [0.1, 0.15) is 57.2 Å². The first kappa shape index (κ1) is 23.0. The molecular formula is C34H36NO+. The number of fused-ring (bicyclic) bond motifs is 7. The van der Waals surface area contributed by atoms with Crippen LogP contribution in [0.3, 0.4) is 0 Å². The van der Waals surface area contributed by atoms with Crippen LogP contribution in [0.5, 0.6) is 0 Å². The Kier molecular flexibility index (Phi) is 5.33. The summed E-state index contributed by atoms with van der Waals surface area (Å²) in [6.07, 6.45) is 4.34. The predicted molar refractivity (Wildman–Crippen MR) is 150 cm³/mol. The second kappa shape index (κ2) is 8.34. The van der Waals surface area contributed by atoms with Crippen LogP contribution in [0.25, 0.3) is 44.3 Å². The van der Waals surface area contributed by atoms with Crippen molar-refractivity contribution >= 4 is 21.9 Å². The Morgan fingerprint density at radius 2 is 1.42 bits per heavy atom. The van der Waals surface area contributed by atoms with E-state index < -0.39 is 0 Å². The van der Waals surface area contributed by atoms with E-state index in [0.29, 0.717) is 11.8 Å². The average molecular weight is 475 g/mol. The summed E-state index contributed by atoms with van der Waals surface area (Å²) in [4.78, 5) is 0. The van der Waals surface area contributed by atoms with Gasteiger partial charge in [-0.2, -0.15) is 0 Å². The molecule has 0 atom stereocenters. The molecule has 1 aliphatic rings. The molecule has 0 fully saturated rings. The molecule has 5 aromatic rings. The highest BCUT2D eigenvalue weighted by molar-refractivity contribution is 6.12. The molecule has 3 aromatic carbocycles. The lowest BCUT2D eigenvalue weighted by molar-refractivity contribution is -0.660. The van der Waals surface area contributed by atoms with E-state index in [-0.39, 0.29) is 5.41 Å². The molecule has 0 bridgehead atoms. The summed E-state index contributed by atoms with van der Waals surface area (Å²) in [5.41, 5.74) is 11.2. The van der Waals surface area contributed by atoms with Crippen molar-refractivity contribution in [2.45, 2.75) is 52.9 Å².